The summed E-state index contributed by atoms with van der Waals surface area (Å²) in [5.41, 5.74) is 1.65. The summed E-state index contributed by atoms with van der Waals surface area (Å²) in [4.78, 5) is 37.0. The summed E-state index contributed by atoms with van der Waals surface area (Å²) in [7, 11) is 0. The highest BCUT2D eigenvalue weighted by Crippen LogP contribution is 2.18. The molecular weight excluding hydrogens is 320 g/mol. The molecule has 3 N–H and O–H groups in total. The highest BCUT2D eigenvalue weighted by molar-refractivity contribution is 6.04. The van der Waals surface area contributed by atoms with Crippen LogP contribution in [0, 0.1) is 5.92 Å². The van der Waals surface area contributed by atoms with Gasteiger partial charge in [0.1, 0.15) is 6.04 Å². The van der Waals surface area contributed by atoms with Crippen molar-refractivity contribution in [3.8, 4) is 0 Å². The fourth-order valence-corrected chi connectivity index (χ4v) is 3.30. The number of likely N-dealkylation sites (tertiary alicyclic amines) is 1. The summed E-state index contributed by atoms with van der Waals surface area (Å²) in [6, 6.07) is 6.31. The largest absolute Gasteiger partial charge is 0.326 e. The van der Waals surface area contributed by atoms with Gasteiger partial charge in [-0.15, -0.1) is 0 Å². The summed E-state index contributed by atoms with van der Waals surface area (Å²) < 4.78 is 0. The van der Waals surface area contributed by atoms with Gasteiger partial charge >= 0.3 is 12.1 Å². The highest BCUT2D eigenvalue weighted by Gasteiger charge is 2.29. The molecule has 2 aliphatic rings. The molecule has 0 aromatic heterocycles. The lowest BCUT2D eigenvalue weighted by Crippen LogP contribution is -2.37. The minimum absolute atomic E-state index is 0.0658. The first-order valence-corrected chi connectivity index (χ1v) is 8.77. The number of urea groups is 2. The lowest BCUT2D eigenvalue weighted by atomic mass is 10.1. The molecule has 0 radical (unpaired) electrons. The molecule has 7 heteroatoms. The molecule has 1 aromatic rings. The zero-order valence-electron chi connectivity index (χ0n) is 14.4. The number of carbonyl (C=O) groups excluding carboxylic acids is 3. The fraction of sp³-hybridized carbons (Fsp3) is 0.500. The molecule has 2 aliphatic heterocycles. The molecule has 1 aromatic carbocycles. The lowest BCUT2D eigenvalue weighted by Gasteiger charge is -2.23. The van der Waals surface area contributed by atoms with Gasteiger partial charge in [0, 0.05) is 25.2 Å². The van der Waals surface area contributed by atoms with Gasteiger partial charge in [0.25, 0.3) is 5.91 Å². The Morgan fingerprint density at radius 1 is 1.24 bits per heavy atom. The Bertz CT molecular complexity index is 659. The van der Waals surface area contributed by atoms with Crippen LogP contribution in [0.1, 0.15) is 31.7 Å². The van der Waals surface area contributed by atoms with Gasteiger partial charge in [-0.1, -0.05) is 25.5 Å². The molecule has 2 atom stereocenters. The van der Waals surface area contributed by atoms with Crippen LogP contribution in [0.5, 0.6) is 0 Å². The van der Waals surface area contributed by atoms with Gasteiger partial charge in [-0.2, -0.15) is 0 Å². The Morgan fingerprint density at radius 3 is 2.68 bits per heavy atom. The SMILES string of the molecule is CC1CCCCN(C(=O)Nc2ccc(CC3NC(=O)NC3=O)cc2)C1. The number of anilines is 1. The van der Waals surface area contributed by atoms with Crippen LogP contribution in [-0.2, 0) is 11.2 Å². The molecule has 7 nitrogen and oxygen atoms in total. The van der Waals surface area contributed by atoms with Crippen molar-refractivity contribution < 1.29 is 14.4 Å². The monoisotopic (exact) mass is 344 g/mol. The average Bonchev–Trinajstić information content (AvgIpc) is 2.76. The van der Waals surface area contributed by atoms with Crippen molar-refractivity contribution in [2.75, 3.05) is 18.4 Å². The molecular formula is C18H24N4O3. The second-order valence-electron chi connectivity index (χ2n) is 6.89. The van der Waals surface area contributed by atoms with Crippen molar-refractivity contribution in [2.45, 2.75) is 38.6 Å². The second-order valence-corrected chi connectivity index (χ2v) is 6.89. The van der Waals surface area contributed by atoms with Gasteiger partial charge in [0.05, 0.1) is 0 Å². The maximum absolute atomic E-state index is 12.4. The molecule has 2 saturated heterocycles. The fourth-order valence-electron chi connectivity index (χ4n) is 3.30. The van der Waals surface area contributed by atoms with Crippen LogP contribution in [-0.4, -0.2) is 42.0 Å². The van der Waals surface area contributed by atoms with Crippen molar-refractivity contribution in [1.29, 1.82) is 0 Å². The molecule has 3 rings (SSSR count). The van der Waals surface area contributed by atoms with Crippen LogP contribution in [0.25, 0.3) is 0 Å². The Hall–Kier alpha value is -2.57. The van der Waals surface area contributed by atoms with Gasteiger partial charge in [0.15, 0.2) is 0 Å². The van der Waals surface area contributed by atoms with E-state index in [-0.39, 0.29) is 11.9 Å². The first kappa shape index (κ1) is 17.3. The predicted octanol–water partition coefficient (Wildman–Crippen LogP) is 2.09. The molecule has 0 bridgehead atoms. The first-order valence-electron chi connectivity index (χ1n) is 8.77. The molecule has 5 amide bonds. The Labute approximate surface area is 147 Å². The van der Waals surface area contributed by atoms with Gasteiger partial charge < -0.3 is 15.5 Å². The van der Waals surface area contributed by atoms with Crippen LogP contribution in [0.15, 0.2) is 24.3 Å². The molecule has 2 unspecified atom stereocenters. The van der Waals surface area contributed by atoms with Gasteiger partial charge in [0.2, 0.25) is 0 Å². The second kappa shape index (κ2) is 7.55. The Balaban J connectivity index is 1.56. The van der Waals surface area contributed by atoms with E-state index in [9.17, 15) is 14.4 Å². The topological polar surface area (TPSA) is 90.5 Å². The molecule has 0 aliphatic carbocycles. The minimum Gasteiger partial charge on any atom is -0.326 e. The number of rotatable bonds is 3. The van der Waals surface area contributed by atoms with E-state index in [0.29, 0.717) is 12.3 Å². The van der Waals surface area contributed by atoms with Gasteiger partial charge in [-0.25, -0.2) is 9.59 Å². The zero-order valence-corrected chi connectivity index (χ0v) is 14.4. The van der Waals surface area contributed by atoms with Crippen molar-refractivity contribution in [2.24, 2.45) is 5.92 Å². The average molecular weight is 344 g/mol. The molecule has 2 heterocycles. The number of imide groups is 1. The van der Waals surface area contributed by atoms with Crippen LogP contribution >= 0.6 is 0 Å². The van der Waals surface area contributed by atoms with Gasteiger partial charge in [-0.05, 0) is 36.5 Å². The molecule has 25 heavy (non-hydrogen) atoms. The molecule has 134 valence electrons. The summed E-state index contributed by atoms with van der Waals surface area (Å²) in [5, 5.41) is 7.73. The smallest absolute Gasteiger partial charge is 0.322 e. The van der Waals surface area contributed by atoms with Crippen LogP contribution in [0.2, 0.25) is 0 Å². The van der Waals surface area contributed by atoms with E-state index in [1.54, 1.807) is 0 Å². The van der Waals surface area contributed by atoms with Crippen molar-refractivity contribution in [1.82, 2.24) is 15.5 Å². The van der Waals surface area contributed by atoms with E-state index in [0.717, 1.165) is 30.8 Å². The van der Waals surface area contributed by atoms with Gasteiger partial charge in [-0.3, -0.25) is 10.1 Å². The van der Waals surface area contributed by atoms with Crippen LogP contribution in [0.3, 0.4) is 0 Å². The lowest BCUT2D eigenvalue weighted by molar-refractivity contribution is -0.120. The minimum atomic E-state index is -0.536. The van der Waals surface area contributed by atoms with E-state index >= 15 is 0 Å². The third-order valence-corrected chi connectivity index (χ3v) is 4.70. The number of hydrogen-bond donors (Lipinski definition) is 3. The van der Waals surface area contributed by atoms with Crippen molar-refractivity contribution >= 4 is 23.7 Å². The molecule has 0 spiro atoms. The number of amides is 5. The first-order chi connectivity index (χ1) is 12.0. The molecule has 2 fully saturated rings. The number of nitrogens with one attached hydrogen (secondary N) is 3. The summed E-state index contributed by atoms with van der Waals surface area (Å²) >= 11 is 0. The van der Waals surface area contributed by atoms with E-state index in [1.165, 1.54) is 12.8 Å². The zero-order chi connectivity index (χ0) is 17.8. The third-order valence-electron chi connectivity index (χ3n) is 4.70. The van der Waals surface area contributed by atoms with E-state index in [2.05, 4.69) is 22.9 Å². The molecule has 0 saturated carbocycles. The van der Waals surface area contributed by atoms with Crippen molar-refractivity contribution in [3.05, 3.63) is 29.8 Å². The maximum Gasteiger partial charge on any atom is 0.322 e. The standard InChI is InChI=1S/C18H24N4O3/c1-12-4-2-3-9-22(11-12)18(25)19-14-7-5-13(6-8-14)10-15-16(23)21-17(24)20-15/h5-8,12,15H,2-4,9-11H2,1H3,(H,19,25)(H2,20,21,23,24). The number of nitrogens with zero attached hydrogens (tertiary/aromatic N) is 1. The third kappa shape index (κ3) is 4.49. The van der Waals surface area contributed by atoms with Crippen molar-refractivity contribution in [3.63, 3.8) is 0 Å². The number of carbonyl (C=O) groups is 3. The van der Waals surface area contributed by atoms with E-state index < -0.39 is 12.1 Å². The quantitative estimate of drug-likeness (QED) is 0.733. The number of benzene rings is 1. The maximum atomic E-state index is 12.4. The summed E-state index contributed by atoms with van der Waals surface area (Å²) in [6.45, 7) is 3.77. The number of hydrogen-bond acceptors (Lipinski definition) is 3. The van der Waals surface area contributed by atoms with Crippen LogP contribution in [0.4, 0.5) is 15.3 Å². The normalized spacial score (nSPS) is 23.6. The Morgan fingerprint density at radius 2 is 2.00 bits per heavy atom. The highest BCUT2D eigenvalue weighted by atomic mass is 16.2. The summed E-state index contributed by atoms with van der Waals surface area (Å²) in [5.74, 6) is 0.223. The Kier molecular flexibility index (Phi) is 5.21. The predicted molar refractivity (Wildman–Crippen MR) is 94.2 cm³/mol. The summed E-state index contributed by atoms with van der Waals surface area (Å²) in [6.07, 6.45) is 3.82. The van der Waals surface area contributed by atoms with E-state index in [4.69, 9.17) is 0 Å². The van der Waals surface area contributed by atoms with E-state index in [1.807, 2.05) is 29.2 Å². The van der Waals surface area contributed by atoms with Crippen LogP contribution < -0.4 is 16.0 Å².